The van der Waals surface area contributed by atoms with Gasteiger partial charge in [0, 0.05) is 34.3 Å². The molecule has 0 radical (unpaired) electrons. The van der Waals surface area contributed by atoms with Crippen molar-refractivity contribution in [2.45, 2.75) is 17.9 Å². The zero-order valence-electron chi connectivity index (χ0n) is 10.9. The first-order valence-electron chi connectivity index (χ1n) is 6.09. The van der Waals surface area contributed by atoms with Crippen LogP contribution in [0.1, 0.15) is 6.42 Å². The average Bonchev–Trinajstić information content (AvgIpc) is 2.78. The first-order chi connectivity index (χ1) is 9.93. The highest BCUT2D eigenvalue weighted by atomic mass is 35.7. The van der Waals surface area contributed by atoms with Crippen LogP contribution in [-0.4, -0.2) is 25.4 Å². The number of carbonyl (C=O) groups excluding carboxylic acids is 1. The zero-order chi connectivity index (χ0) is 15.5. The van der Waals surface area contributed by atoms with Crippen molar-refractivity contribution in [2.24, 2.45) is 0 Å². The minimum absolute atomic E-state index is 0.0235. The van der Waals surface area contributed by atoms with E-state index in [1.807, 2.05) is 6.07 Å². The molecule has 1 N–H and O–H groups in total. The molecule has 0 unspecified atom stereocenters. The topological polar surface area (TPSA) is 92.0 Å². The van der Waals surface area contributed by atoms with E-state index in [0.717, 1.165) is 0 Å². The highest BCUT2D eigenvalue weighted by Crippen LogP contribution is 2.27. The fraction of sp³-hybridized carbons (Fsp3) is 0.231. The molecule has 0 aliphatic rings. The minimum atomic E-state index is -3.89. The highest BCUT2D eigenvalue weighted by molar-refractivity contribution is 8.14. The number of hydrogen-bond acceptors (Lipinski definition) is 4. The molecule has 0 aliphatic heterocycles. The van der Waals surface area contributed by atoms with Gasteiger partial charge in [0.05, 0.1) is 12.5 Å². The molecule has 6 nitrogen and oxygen atoms in total. The van der Waals surface area contributed by atoms with Crippen molar-refractivity contribution in [2.75, 3.05) is 6.54 Å². The SMILES string of the molecule is N#CCCNC(=O)Cn1cc(S(=O)(=O)Cl)c2ccccc21. The number of hydrogen-bond donors (Lipinski definition) is 1. The largest absolute Gasteiger partial charge is 0.354 e. The molecular formula is C13H12ClN3O3S. The number of fused-ring (bicyclic) bond motifs is 1. The monoisotopic (exact) mass is 325 g/mol. The average molecular weight is 326 g/mol. The Hall–Kier alpha value is -2.04. The summed E-state index contributed by atoms with van der Waals surface area (Å²) in [7, 11) is 1.52. The van der Waals surface area contributed by atoms with Crippen LogP contribution >= 0.6 is 10.7 Å². The molecule has 0 atom stereocenters. The van der Waals surface area contributed by atoms with Crippen LogP contribution in [0, 0.1) is 11.3 Å². The lowest BCUT2D eigenvalue weighted by Crippen LogP contribution is -2.28. The van der Waals surface area contributed by atoms with Crippen LogP contribution in [-0.2, 0) is 20.4 Å². The van der Waals surface area contributed by atoms with Crippen molar-refractivity contribution in [3.05, 3.63) is 30.5 Å². The molecule has 21 heavy (non-hydrogen) atoms. The first-order valence-corrected chi connectivity index (χ1v) is 8.40. The molecule has 0 saturated carbocycles. The second-order valence-electron chi connectivity index (χ2n) is 4.33. The molecule has 0 bridgehead atoms. The van der Waals surface area contributed by atoms with Crippen molar-refractivity contribution in [1.82, 2.24) is 9.88 Å². The number of para-hydroxylation sites is 1. The number of nitrogens with zero attached hydrogens (tertiary/aromatic N) is 2. The molecule has 2 rings (SSSR count). The molecule has 110 valence electrons. The second-order valence-corrected chi connectivity index (χ2v) is 6.87. The molecule has 1 amide bonds. The summed E-state index contributed by atoms with van der Waals surface area (Å²) in [5, 5.41) is 11.5. The molecule has 1 aromatic carbocycles. The van der Waals surface area contributed by atoms with Crippen molar-refractivity contribution < 1.29 is 13.2 Å². The van der Waals surface area contributed by atoms with Gasteiger partial charge in [0.15, 0.2) is 0 Å². The van der Waals surface area contributed by atoms with Crippen LogP contribution in [0.15, 0.2) is 35.4 Å². The number of nitrogens with one attached hydrogen (secondary N) is 1. The third-order valence-corrected chi connectivity index (χ3v) is 4.24. The molecular weight excluding hydrogens is 314 g/mol. The fourth-order valence-corrected chi connectivity index (χ4v) is 3.06. The summed E-state index contributed by atoms with van der Waals surface area (Å²) in [4.78, 5) is 11.7. The van der Waals surface area contributed by atoms with E-state index in [4.69, 9.17) is 15.9 Å². The van der Waals surface area contributed by atoms with E-state index < -0.39 is 9.05 Å². The lowest BCUT2D eigenvalue weighted by molar-refractivity contribution is -0.121. The third kappa shape index (κ3) is 3.54. The van der Waals surface area contributed by atoms with Crippen molar-refractivity contribution in [3.63, 3.8) is 0 Å². The van der Waals surface area contributed by atoms with Crippen LogP contribution in [0.2, 0.25) is 0 Å². The van der Waals surface area contributed by atoms with Crippen molar-refractivity contribution in [1.29, 1.82) is 5.26 Å². The van der Waals surface area contributed by atoms with Crippen LogP contribution in [0.4, 0.5) is 0 Å². The first kappa shape index (κ1) is 15.4. The molecule has 0 spiro atoms. The number of rotatable bonds is 5. The summed E-state index contributed by atoms with van der Waals surface area (Å²) in [5.41, 5.74) is 0.604. The van der Waals surface area contributed by atoms with E-state index in [1.165, 1.54) is 10.8 Å². The Morgan fingerprint density at radius 3 is 2.76 bits per heavy atom. The summed E-state index contributed by atoms with van der Waals surface area (Å²) < 4.78 is 24.7. The van der Waals surface area contributed by atoms with E-state index in [-0.39, 0.29) is 30.3 Å². The summed E-state index contributed by atoms with van der Waals surface area (Å²) in [6.45, 7) is 0.216. The molecule has 0 saturated heterocycles. The Morgan fingerprint density at radius 2 is 2.10 bits per heavy atom. The fourth-order valence-electron chi connectivity index (χ4n) is 2.01. The van der Waals surface area contributed by atoms with Gasteiger partial charge in [0.1, 0.15) is 11.4 Å². The van der Waals surface area contributed by atoms with Crippen molar-refractivity contribution >= 4 is 36.5 Å². The Labute approximate surface area is 126 Å². The van der Waals surface area contributed by atoms with E-state index in [9.17, 15) is 13.2 Å². The van der Waals surface area contributed by atoms with E-state index >= 15 is 0 Å². The Morgan fingerprint density at radius 1 is 1.38 bits per heavy atom. The number of halogens is 1. The van der Waals surface area contributed by atoms with Gasteiger partial charge in [0.2, 0.25) is 5.91 Å². The van der Waals surface area contributed by atoms with E-state index in [1.54, 1.807) is 24.3 Å². The molecule has 2 aromatic rings. The maximum Gasteiger partial charge on any atom is 0.263 e. The third-order valence-electron chi connectivity index (χ3n) is 2.89. The van der Waals surface area contributed by atoms with Gasteiger partial charge in [-0.1, -0.05) is 18.2 Å². The standard InChI is InChI=1S/C13H12ClN3O3S/c14-21(19,20)12-8-17(9-13(18)16-7-3-6-15)11-5-2-1-4-10(11)12/h1-2,4-5,8H,3,7,9H2,(H,16,18). The quantitative estimate of drug-likeness (QED) is 0.667. The van der Waals surface area contributed by atoms with Crippen molar-refractivity contribution in [3.8, 4) is 6.07 Å². The molecule has 0 aliphatic carbocycles. The Kier molecular flexibility index (Phi) is 4.50. The van der Waals surface area contributed by atoms with Gasteiger partial charge < -0.3 is 9.88 Å². The summed E-state index contributed by atoms with van der Waals surface area (Å²) in [6, 6.07) is 8.71. The van der Waals surface area contributed by atoms with Crippen LogP contribution in [0.25, 0.3) is 10.9 Å². The molecule has 8 heteroatoms. The van der Waals surface area contributed by atoms with Crippen LogP contribution in [0.5, 0.6) is 0 Å². The van der Waals surface area contributed by atoms with Gasteiger partial charge in [0.25, 0.3) is 9.05 Å². The maximum atomic E-state index is 11.8. The summed E-state index contributed by atoms with van der Waals surface area (Å²) in [6.07, 6.45) is 1.57. The number of benzene rings is 1. The predicted molar refractivity (Wildman–Crippen MR) is 78.2 cm³/mol. The second kappa shape index (κ2) is 6.16. The summed E-state index contributed by atoms with van der Waals surface area (Å²) in [5.74, 6) is -0.301. The smallest absolute Gasteiger partial charge is 0.263 e. The van der Waals surface area contributed by atoms with Gasteiger partial charge in [-0.15, -0.1) is 0 Å². The zero-order valence-corrected chi connectivity index (χ0v) is 12.5. The number of nitriles is 1. The minimum Gasteiger partial charge on any atom is -0.354 e. The predicted octanol–water partition coefficient (Wildman–Crippen LogP) is 1.60. The van der Waals surface area contributed by atoms with Crippen LogP contribution < -0.4 is 5.32 Å². The lowest BCUT2D eigenvalue weighted by atomic mass is 10.2. The summed E-state index contributed by atoms with van der Waals surface area (Å²) >= 11 is 0. The van der Waals surface area contributed by atoms with Gasteiger partial charge in [-0.05, 0) is 6.07 Å². The number of carbonyl (C=O) groups is 1. The number of amides is 1. The molecule has 1 aromatic heterocycles. The normalized spacial score (nSPS) is 11.2. The van der Waals surface area contributed by atoms with Gasteiger partial charge in [-0.3, -0.25) is 4.79 Å². The lowest BCUT2D eigenvalue weighted by Gasteiger charge is -2.05. The van der Waals surface area contributed by atoms with Gasteiger partial charge >= 0.3 is 0 Å². The number of aromatic nitrogens is 1. The van der Waals surface area contributed by atoms with E-state index in [2.05, 4.69) is 5.32 Å². The molecule has 1 heterocycles. The van der Waals surface area contributed by atoms with Crippen LogP contribution in [0.3, 0.4) is 0 Å². The Bertz CT molecular complexity index is 821. The Balaban J connectivity index is 2.33. The maximum absolute atomic E-state index is 11.8. The van der Waals surface area contributed by atoms with E-state index in [0.29, 0.717) is 10.9 Å². The van der Waals surface area contributed by atoms with Gasteiger partial charge in [-0.2, -0.15) is 5.26 Å². The highest BCUT2D eigenvalue weighted by Gasteiger charge is 2.19. The van der Waals surface area contributed by atoms with Gasteiger partial charge in [-0.25, -0.2) is 8.42 Å². The molecule has 0 fully saturated rings.